The van der Waals surface area contributed by atoms with Crippen molar-refractivity contribution >= 4 is 28.5 Å². The topological polar surface area (TPSA) is 44.1 Å². The molecule has 1 aromatic rings. The van der Waals surface area contributed by atoms with E-state index in [0.717, 1.165) is 41.2 Å². The standard InChI is InChI=1S/C16H19IN2O/c1-12-7-6-8-13(14(12)17)15(20)19(2)16(11-18)9-4-3-5-10-16/h6-8H,3-5,9-10H2,1-2H3. The van der Waals surface area contributed by atoms with Crippen LogP contribution in [-0.4, -0.2) is 23.4 Å². The van der Waals surface area contributed by atoms with Crippen molar-refractivity contribution < 1.29 is 4.79 Å². The number of benzene rings is 1. The van der Waals surface area contributed by atoms with Gasteiger partial charge in [-0.2, -0.15) is 5.26 Å². The number of aryl methyl sites for hydroxylation is 1. The van der Waals surface area contributed by atoms with Crippen molar-refractivity contribution in [2.45, 2.75) is 44.6 Å². The molecule has 0 aromatic heterocycles. The second-order valence-electron chi connectivity index (χ2n) is 5.50. The van der Waals surface area contributed by atoms with Gasteiger partial charge >= 0.3 is 0 Å². The molecule has 0 unspecified atom stereocenters. The molecule has 1 aromatic carbocycles. The molecule has 0 spiro atoms. The lowest BCUT2D eigenvalue weighted by Crippen LogP contribution is -2.50. The van der Waals surface area contributed by atoms with Gasteiger partial charge in [0.1, 0.15) is 5.54 Å². The summed E-state index contributed by atoms with van der Waals surface area (Å²) in [7, 11) is 1.77. The van der Waals surface area contributed by atoms with Gasteiger partial charge in [-0.25, -0.2) is 0 Å². The van der Waals surface area contributed by atoms with Crippen LogP contribution in [0.2, 0.25) is 0 Å². The van der Waals surface area contributed by atoms with Gasteiger partial charge in [0.25, 0.3) is 5.91 Å². The van der Waals surface area contributed by atoms with E-state index in [0.29, 0.717) is 5.56 Å². The molecule has 1 fully saturated rings. The van der Waals surface area contributed by atoms with E-state index in [1.807, 2.05) is 25.1 Å². The van der Waals surface area contributed by atoms with Crippen LogP contribution in [0.1, 0.15) is 48.0 Å². The third-order valence-electron chi connectivity index (χ3n) is 4.26. The summed E-state index contributed by atoms with van der Waals surface area (Å²) in [5.41, 5.74) is 1.18. The highest BCUT2D eigenvalue weighted by Crippen LogP contribution is 2.33. The summed E-state index contributed by atoms with van der Waals surface area (Å²) in [6.07, 6.45) is 4.78. The second-order valence-corrected chi connectivity index (χ2v) is 6.58. The zero-order valence-corrected chi connectivity index (χ0v) is 14.1. The molecular weight excluding hydrogens is 363 g/mol. The van der Waals surface area contributed by atoms with Crippen LogP contribution in [0.4, 0.5) is 0 Å². The van der Waals surface area contributed by atoms with E-state index in [-0.39, 0.29) is 5.91 Å². The molecule has 0 bridgehead atoms. The molecule has 0 saturated heterocycles. The van der Waals surface area contributed by atoms with Crippen LogP contribution in [0, 0.1) is 21.8 Å². The molecule has 1 aliphatic carbocycles. The zero-order valence-electron chi connectivity index (χ0n) is 11.9. The quantitative estimate of drug-likeness (QED) is 0.729. The number of amides is 1. The van der Waals surface area contributed by atoms with E-state index in [1.54, 1.807) is 11.9 Å². The Hall–Kier alpha value is -1.09. The molecular formula is C16H19IN2O. The number of rotatable bonds is 2. The van der Waals surface area contributed by atoms with Crippen molar-refractivity contribution in [1.82, 2.24) is 4.90 Å². The monoisotopic (exact) mass is 382 g/mol. The van der Waals surface area contributed by atoms with Crippen molar-refractivity contribution in [2.24, 2.45) is 0 Å². The van der Waals surface area contributed by atoms with E-state index in [1.165, 1.54) is 0 Å². The highest BCUT2D eigenvalue weighted by molar-refractivity contribution is 14.1. The average molecular weight is 382 g/mol. The number of carbonyl (C=O) groups is 1. The van der Waals surface area contributed by atoms with E-state index in [4.69, 9.17) is 0 Å². The van der Waals surface area contributed by atoms with Crippen LogP contribution < -0.4 is 0 Å². The summed E-state index contributed by atoms with van der Waals surface area (Å²) >= 11 is 2.21. The number of nitrogens with zero attached hydrogens (tertiary/aromatic N) is 2. The Labute approximate surface area is 134 Å². The summed E-state index contributed by atoms with van der Waals surface area (Å²) in [4.78, 5) is 14.4. The molecule has 1 aliphatic rings. The lowest BCUT2D eigenvalue weighted by Gasteiger charge is -2.39. The first-order chi connectivity index (χ1) is 9.52. The van der Waals surface area contributed by atoms with Crippen LogP contribution in [0.5, 0.6) is 0 Å². The van der Waals surface area contributed by atoms with Gasteiger partial charge in [0, 0.05) is 10.6 Å². The Kier molecular flexibility index (Phi) is 4.69. The lowest BCUT2D eigenvalue weighted by molar-refractivity contribution is 0.0588. The first-order valence-electron chi connectivity index (χ1n) is 6.96. The van der Waals surface area contributed by atoms with E-state index in [9.17, 15) is 10.1 Å². The van der Waals surface area contributed by atoms with Crippen molar-refractivity contribution in [3.05, 3.63) is 32.9 Å². The van der Waals surface area contributed by atoms with Crippen LogP contribution in [0.3, 0.4) is 0 Å². The van der Waals surface area contributed by atoms with Crippen molar-refractivity contribution in [2.75, 3.05) is 7.05 Å². The molecule has 2 rings (SSSR count). The predicted molar refractivity (Wildman–Crippen MR) is 87.4 cm³/mol. The molecule has 1 amide bonds. The van der Waals surface area contributed by atoms with Crippen LogP contribution in [0.25, 0.3) is 0 Å². The molecule has 106 valence electrons. The number of hydrogen-bond acceptors (Lipinski definition) is 2. The first-order valence-corrected chi connectivity index (χ1v) is 8.04. The van der Waals surface area contributed by atoms with Gasteiger partial charge in [0.2, 0.25) is 0 Å². The summed E-state index contributed by atoms with van der Waals surface area (Å²) in [5, 5.41) is 9.59. The maximum Gasteiger partial charge on any atom is 0.255 e. The summed E-state index contributed by atoms with van der Waals surface area (Å²) < 4.78 is 0.978. The fraction of sp³-hybridized carbons (Fsp3) is 0.500. The number of hydrogen-bond donors (Lipinski definition) is 0. The van der Waals surface area contributed by atoms with E-state index in [2.05, 4.69) is 28.7 Å². The number of nitriles is 1. The smallest absolute Gasteiger partial charge is 0.255 e. The van der Waals surface area contributed by atoms with Crippen LogP contribution >= 0.6 is 22.6 Å². The molecule has 1 saturated carbocycles. The van der Waals surface area contributed by atoms with Gasteiger partial charge in [-0.1, -0.05) is 31.4 Å². The summed E-state index contributed by atoms with van der Waals surface area (Å²) in [6.45, 7) is 2.00. The van der Waals surface area contributed by atoms with Gasteiger partial charge in [0.15, 0.2) is 0 Å². The Morgan fingerprint density at radius 2 is 2.00 bits per heavy atom. The first kappa shape index (κ1) is 15.3. The highest BCUT2D eigenvalue weighted by atomic mass is 127. The molecule has 0 aliphatic heterocycles. The molecule has 0 atom stereocenters. The van der Waals surface area contributed by atoms with Crippen LogP contribution in [0.15, 0.2) is 18.2 Å². The fourth-order valence-electron chi connectivity index (χ4n) is 2.85. The van der Waals surface area contributed by atoms with Crippen LogP contribution in [-0.2, 0) is 0 Å². The third-order valence-corrected chi connectivity index (χ3v) is 5.69. The number of halogens is 1. The molecule has 20 heavy (non-hydrogen) atoms. The maximum absolute atomic E-state index is 12.8. The minimum absolute atomic E-state index is 0.0402. The third kappa shape index (κ3) is 2.69. The van der Waals surface area contributed by atoms with Gasteiger partial charge in [-0.3, -0.25) is 4.79 Å². The summed E-state index contributed by atoms with van der Waals surface area (Å²) in [6, 6.07) is 8.15. The minimum Gasteiger partial charge on any atom is -0.323 e. The minimum atomic E-state index is -0.623. The Morgan fingerprint density at radius 1 is 1.35 bits per heavy atom. The lowest BCUT2D eigenvalue weighted by atomic mass is 9.81. The Balaban J connectivity index is 2.32. The van der Waals surface area contributed by atoms with Gasteiger partial charge in [-0.15, -0.1) is 0 Å². The normalized spacial score (nSPS) is 17.3. The van der Waals surface area contributed by atoms with Crippen molar-refractivity contribution in [3.63, 3.8) is 0 Å². The van der Waals surface area contributed by atoms with Gasteiger partial charge < -0.3 is 4.90 Å². The molecule has 0 N–H and O–H groups in total. The molecule has 3 nitrogen and oxygen atoms in total. The SMILES string of the molecule is Cc1cccc(C(=O)N(C)C2(C#N)CCCCC2)c1I. The van der Waals surface area contributed by atoms with E-state index < -0.39 is 5.54 Å². The highest BCUT2D eigenvalue weighted by Gasteiger charge is 2.39. The Morgan fingerprint density at radius 3 is 2.60 bits per heavy atom. The van der Waals surface area contributed by atoms with E-state index >= 15 is 0 Å². The maximum atomic E-state index is 12.8. The Bertz CT molecular complexity index is 556. The summed E-state index contributed by atoms with van der Waals surface area (Å²) in [5.74, 6) is -0.0402. The average Bonchev–Trinajstić information content (AvgIpc) is 2.49. The largest absolute Gasteiger partial charge is 0.323 e. The molecule has 0 radical (unpaired) electrons. The predicted octanol–water partition coefficient (Wildman–Crippen LogP) is 3.90. The van der Waals surface area contributed by atoms with Gasteiger partial charge in [-0.05, 0) is 54.0 Å². The fourth-order valence-corrected chi connectivity index (χ4v) is 3.44. The second kappa shape index (κ2) is 6.13. The van der Waals surface area contributed by atoms with Crippen molar-refractivity contribution in [3.8, 4) is 6.07 Å². The number of carbonyl (C=O) groups excluding carboxylic acids is 1. The molecule has 0 heterocycles. The zero-order chi connectivity index (χ0) is 14.8. The van der Waals surface area contributed by atoms with Gasteiger partial charge in [0.05, 0.1) is 11.6 Å². The molecule has 4 heteroatoms. The van der Waals surface area contributed by atoms with Crippen molar-refractivity contribution in [1.29, 1.82) is 5.26 Å².